The number of rotatable bonds is 3. The molecule has 0 spiro atoms. The van der Waals surface area contributed by atoms with Gasteiger partial charge in [0.05, 0.1) is 0 Å². The Labute approximate surface area is 104 Å². The Morgan fingerprint density at radius 1 is 1.35 bits per heavy atom. The van der Waals surface area contributed by atoms with Gasteiger partial charge in [0, 0.05) is 52.4 Å². The normalized spacial score (nSPS) is 26.2. The molecule has 1 unspecified atom stereocenters. The summed E-state index contributed by atoms with van der Waals surface area (Å²) in [5.74, 6) is 0.661. The van der Waals surface area contributed by atoms with Gasteiger partial charge in [0.2, 0.25) is 0 Å². The van der Waals surface area contributed by atoms with E-state index in [0.29, 0.717) is 5.92 Å². The van der Waals surface area contributed by atoms with Gasteiger partial charge >= 0.3 is 6.03 Å². The first-order valence-corrected chi connectivity index (χ1v) is 6.71. The van der Waals surface area contributed by atoms with Gasteiger partial charge in [-0.15, -0.1) is 0 Å². The van der Waals surface area contributed by atoms with E-state index in [4.69, 9.17) is 0 Å². The van der Waals surface area contributed by atoms with Gasteiger partial charge in [-0.3, -0.25) is 4.90 Å². The number of amides is 2. The molecule has 98 valence electrons. The van der Waals surface area contributed by atoms with Crippen molar-refractivity contribution in [1.82, 2.24) is 20.4 Å². The zero-order chi connectivity index (χ0) is 12.1. The molecule has 5 heteroatoms. The van der Waals surface area contributed by atoms with Crippen LogP contribution < -0.4 is 10.6 Å². The Morgan fingerprint density at radius 2 is 2.12 bits per heavy atom. The Morgan fingerprint density at radius 3 is 2.76 bits per heavy atom. The van der Waals surface area contributed by atoms with E-state index in [9.17, 15) is 4.79 Å². The van der Waals surface area contributed by atoms with Gasteiger partial charge < -0.3 is 15.5 Å². The molecule has 0 aromatic rings. The molecule has 2 aliphatic heterocycles. The monoisotopic (exact) mass is 240 g/mol. The maximum absolute atomic E-state index is 11.8. The molecule has 0 saturated carbocycles. The molecule has 0 aromatic heterocycles. The average Bonchev–Trinajstić information content (AvgIpc) is 2.77. The van der Waals surface area contributed by atoms with Gasteiger partial charge in [-0.1, -0.05) is 6.92 Å². The Kier molecular flexibility index (Phi) is 4.62. The lowest BCUT2D eigenvalue weighted by Crippen LogP contribution is -2.47. The number of likely N-dealkylation sites (tertiary alicyclic amines) is 1. The summed E-state index contributed by atoms with van der Waals surface area (Å²) in [5.41, 5.74) is 0. The standard InChI is InChI=1S/C12H24N4O/c1-11-2-6-16(10-11)12(17)14-5-9-15-7-3-13-4-8-15/h11,13H,2-10H2,1H3,(H,14,17). The largest absolute Gasteiger partial charge is 0.337 e. The summed E-state index contributed by atoms with van der Waals surface area (Å²) >= 11 is 0. The number of carbonyl (C=O) groups excluding carboxylic acids is 1. The lowest BCUT2D eigenvalue weighted by molar-refractivity contribution is 0.201. The van der Waals surface area contributed by atoms with Crippen LogP contribution in [0.15, 0.2) is 0 Å². The van der Waals surface area contributed by atoms with E-state index in [2.05, 4.69) is 22.5 Å². The molecule has 2 rings (SSSR count). The second-order valence-corrected chi connectivity index (χ2v) is 5.16. The summed E-state index contributed by atoms with van der Waals surface area (Å²) in [6.45, 7) is 10.1. The van der Waals surface area contributed by atoms with Crippen molar-refractivity contribution < 1.29 is 4.79 Å². The molecule has 0 aromatic carbocycles. The highest BCUT2D eigenvalue weighted by molar-refractivity contribution is 5.74. The topological polar surface area (TPSA) is 47.6 Å². The Hall–Kier alpha value is -0.810. The highest BCUT2D eigenvalue weighted by atomic mass is 16.2. The molecule has 2 heterocycles. The van der Waals surface area contributed by atoms with Crippen LogP contribution in [0.2, 0.25) is 0 Å². The van der Waals surface area contributed by atoms with Crippen molar-refractivity contribution in [2.75, 3.05) is 52.4 Å². The van der Waals surface area contributed by atoms with Gasteiger partial charge in [-0.05, 0) is 12.3 Å². The van der Waals surface area contributed by atoms with Crippen molar-refractivity contribution in [1.29, 1.82) is 0 Å². The van der Waals surface area contributed by atoms with Crippen LogP contribution in [0.4, 0.5) is 4.79 Å². The minimum absolute atomic E-state index is 0.115. The van der Waals surface area contributed by atoms with Gasteiger partial charge in [0.15, 0.2) is 0 Å². The number of nitrogens with one attached hydrogen (secondary N) is 2. The summed E-state index contributed by atoms with van der Waals surface area (Å²) < 4.78 is 0. The van der Waals surface area contributed by atoms with E-state index >= 15 is 0 Å². The first kappa shape index (κ1) is 12.6. The van der Waals surface area contributed by atoms with Crippen LogP contribution in [0.3, 0.4) is 0 Å². The highest BCUT2D eigenvalue weighted by Crippen LogP contribution is 2.14. The first-order chi connectivity index (χ1) is 8.25. The van der Waals surface area contributed by atoms with Gasteiger partial charge in [-0.2, -0.15) is 0 Å². The number of hydrogen-bond donors (Lipinski definition) is 2. The van der Waals surface area contributed by atoms with E-state index in [1.165, 1.54) is 0 Å². The molecule has 5 nitrogen and oxygen atoms in total. The molecule has 0 bridgehead atoms. The Bertz CT molecular complexity index is 253. The predicted octanol–water partition coefficient (Wildman–Crippen LogP) is -0.0570. The van der Waals surface area contributed by atoms with Crippen molar-refractivity contribution in [3.8, 4) is 0 Å². The number of carbonyl (C=O) groups is 1. The van der Waals surface area contributed by atoms with E-state index in [1.807, 2.05) is 4.90 Å². The van der Waals surface area contributed by atoms with Crippen molar-refractivity contribution >= 4 is 6.03 Å². The molecule has 1 atom stereocenters. The fourth-order valence-corrected chi connectivity index (χ4v) is 2.49. The van der Waals surface area contributed by atoms with Crippen molar-refractivity contribution in [2.24, 2.45) is 5.92 Å². The van der Waals surface area contributed by atoms with Crippen LogP contribution >= 0.6 is 0 Å². The molecule has 0 radical (unpaired) electrons. The summed E-state index contributed by atoms with van der Waals surface area (Å²) in [7, 11) is 0. The second-order valence-electron chi connectivity index (χ2n) is 5.16. The molecule has 2 saturated heterocycles. The third kappa shape index (κ3) is 3.85. The van der Waals surface area contributed by atoms with E-state index in [-0.39, 0.29) is 6.03 Å². The summed E-state index contributed by atoms with van der Waals surface area (Å²) in [4.78, 5) is 16.1. The van der Waals surface area contributed by atoms with Gasteiger partial charge in [-0.25, -0.2) is 4.79 Å². The molecule has 2 N–H and O–H groups in total. The van der Waals surface area contributed by atoms with Crippen LogP contribution in [0.1, 0.15) is 13.3 Å². The number of nitrogens with zero attached hydrogens (tertiary/aromatic N) is 2. The third-order valence-corrected chi connectivity index (χ3v) is 3.62. The van der Waals surface area contributed by atoms with E-state index < -0.39 is 0 Å². The van der Waals surface area contributed by atoms with Crippen LogP contribution in [0.25, 0.3) is 0 Å². The Balaban J connectivity index is 1.59. The molecule has 2 aliphatic rings. The third-order valence-electron chi connectivity index (χ3n) is 3.62. The predicted molar refractivity (Wildman–Crippen MR) is 68.1 cm³/mol. The minimum Gasteiger partial charge on any atom is -0.337 e. The molecular formula is C12H24N4O. The second kappa shape index (κ2) is 6.21. The van der Waals surface area contributed by atoms with Crippen LogP contribution in [0.5, 0.6) is 0 Å². The molecule has 0 aliphatic carbocycles. The van der Waals surface area contributed by atoms with Gasteiger partial charge in [0.25, 0.3) is 0 Å². The van der Waals surface area contributed by atoms with Crippen molar-refractivity contribution in [2.45, 2.75) is 13.3 Å². The van der Waals surface area contributed by atoms with Crippen molar-refractivity contribution in [3.05, 3.63) is 0 Å². The van der Waals surface area contributed by atoms with Crippen LogP contribution in [-0.2, 0) is 0 Å². The van der Waals surface area contributed by atoms with E-state index in [0.717, 1.165) is 58.8 Å². The zero-order valence-corrected chi connectivity index (χ0v) is 10.7. The number of piperazine rings is 1. The molecule has 17 heavy (non-hydrogen) atoms. The summed E-state index contributed by atoms with van der Waals surface area (Å²) in [6.07, 6.45) is 1.14. The molecular weight excluding hydrogens is 216 g/mol. The van der Waals surface area contributed by atoms with Crippen molar-refractivity contribution in [3.63, 3.8) is 0 Å². The summed E-state index contributed by atoms with van der Waals surface area (Å²) in [6, 6.07) is 0.115. The quantitative estimate of drug-likeness (QED) is 0.727. The average molecular weight is 240 g/mol. The smallest absolute Gasteiger partial charge is 0.317 e. The maximum atomic E-state index is 11.8. The zero-order valence-electron chi connectivity index (χ0n) is 10.7. The SMILES string of the molecule is CC1CCN(C(=O)NCCN2CCNCC2)C1. The fourth-order valence-electron chi connectivity index (χ4n) is 2.49. The van der Waals surface area contributed by atoms with Crippen LogP contribution in [-0.4, -0.2) is 68.2 Å². The minimum atomic E-state index is 0.115. The lowest BCUT2D eigenvalue weighted by Gasteiger charge is -2.27. The fraction of sp³-hybridized carbons (Fsp3) is 0.917. The lowest BCUT2D eigenvalue weighted by atomic mass is 10.2. The van der Waals surface area contributed by atoms with Gasteiger partial charge in [0.1, 0.15) is 0 Å². The number of urea groups is 1. The molecule has 2 amide bonds. The maximum Gasteiger partial charge on any atom is 0.317 e. The number of hydrogen-bond acceptors (Lipinski definition) is 3. The molecule has 2 fully saturated rings. The first-order valence-electron chi connectivity index (χ1n) is 6.71. The van der Waals surface area contributed by atoms with Crippen LogP contribution in [0, 0.1) is 5.92 Å². The van der Waals surface area contributed by atoms with E-state index in [1.54, 1.807) is 0 Å². The highest BCUT2D eigenvalue weighted by Gasteiger charge is 2.22. The summed E-state index contributed by atoms with van der Waals surface area (Å²) in [5, 5.41) is 6.34.